The van der Waals surface area contributed by atoms with Gasteiger partial charge in [0.1, 0.15) is 0 Å². The van der Waals surface area contributed by atoms with E-state index in [2.05, 4.69) is 29.3 Å². The van der Waals surface area contributed by atoms with Crippen molar-refractivity contribution >= 4 is 0 Å². The Bertz CT molecular complexity index is 402. The molecule has 2 saturated carbocycles. The Morgan fingerprint density at radius 3 is 2.65 bits per heavy atom. The van der Waals surface area contributed by atoms with Crippen LogP contribution < -0.4 is 5.32 Å². The smallest absolute Gasteiger partial charge is 0.0640 e. The number of rotatable bonds is 6. The predicted molar refractivity (Wildman–Crippen MR) is 82.9 cm³/mol. The van der Waals surface area contributed by atoms with E-state index in [0.717, 1.165) is 12.3 Å². The van der Waals surface area contributed by atoms with Gasteiger partial charge in [-0.2, -0.15) is 5.10 Å². The Labute approximate surface area is 123 Å². The van der Waals surface area contributed by atoms with Crippen LogP contribution in [0.25, 0.3) is 0 Å². The average Bonchev–Trinajstić information content (AvgIpc) is 2.91. The van der Waals surface area contributed by atoms with Gasteiger partial charge in [0.2, 0.25) is 0 Å². The lowest BCUT2D eigenvalue weighted by Crippen LogP contribution is -2.32. The molecule has 0 saturated heterocycles. The Kier molecular flexibility index (Phi) is 4.77. The molecule has 2 aliphatic rings. The number of aromatic nitrogens is 2. The molecular weight excluding hydrogens is 246 g/mol. The minimum atomic E-state index is 0.606. The van der Waals surface area contributed by atoms with Crippen molar-refractivity contribution in [2.75, 3.05) is 7.05 Å². The van der Waals surface area contributed by atoms with Gasteiger partial charge < -0.3 is 5.32 Å². The Morgan fingerprint density at radius 2 is 2.00 bits per heavy atom. The molecule has 1 N–H and O–H groups in total. The predicted octanol–water partition coefficient (Wildman–Crippen LogP) is 3.71. The van der Waals surface area contributed by atoms with E-state index in [9.17, 15) is 0 Å². The highest BCUT2D eigenvalue weighted by molar-refractivity contribution is 5.03. The molecule has 1 aromatic heterocycles. The largest absolute Gasteiger partial charge is 0.317 e. The molecule has 0 aliphatic heterocycles. The molecule has 1 unspecified atom stereocenters. The summed E-state index contributed by atoms with van der Waals surface area (Å²) in [5.41, 5.74) is 1.27. The van der Waals surface area contributed by atoms with E-state index in [1.54, 1.807) is 0 Å². The summed E-state index contributed by atoms with van der Waals surface area (Å²) < 4.78 is 2.24. The van der Waals surface area contributed by atoms with E-state index >= 15 is 0 Å². The molecule has 0 spiro atoms. The molecule has 112 valence electrons. The zero-order chi connectivity index (χ0) is 13.8. The molecular formula is C17H29N3. The van der Waals surface area contributed by atoms with Crippen LogP contribution in [0.15, 0.2) is 12.3 Å². The zero-order valence-corrected chi connectivity index (χ0v) is 12.9. The van der Waals surface area contributed by atoms with Gasteiger partial charge in [-0.3, -0.25) is 4.68 Å². The normalized spacial score (nSPS) is 22.6. The van der Waals surface area contributed by atoms with Gasteiger partial charge in [0.15, 0.2) is 0 Å². The first kappa shape index (κ1) is 14.1. The van der Waals surface area contributed by atoms with Crippen molar-refractivity contribution in [1.29, 1.82) is 0 Å². The highest BCUT2D eigenvalue weighted by Crippen LogP contribution is 2.31. The first-order valence-electron chi connectivity index (χ1n) is 8.56. The molecule has 1 heterocycles. The van der Waals surface area contributed by atoms with Gasteiger partial charge in [-0.1, -0.05) is 38.5 Å². The second-order valence-electron chi connectivity index (χ2n) is 6.80. The third kappa shape index (κ3) is 3.43. The highest BCUT2D eigenvalue weighted by atomic mass is 15.3. The van der Waals surface area contributed by atoms with E-state index < -0.39 is 0 Å². The second-order valence-corrected chi connectivity index (χ2v) is 6.80. The van der Waals surface area contributed by atoms with Crippen molar-refractivity contribution < 1.29 is 0 Å². The fraction of sp³-hybridized carbons (Fsp3) is 0.824. The standard InChI is InChI=1S/C17H29N3/c1-18-16(12-14-6-5-7-14)13-15-10-11-20(19-15)17-8-3-2-4-9-17/h10-11,14,16-18H,2-9,12-13H2,1H3. The SMILES string of the molecule is CNC(Cc1ccn(C2CCCCC2)n1)CC1CCC1. The van der Waals surface area contributed by atoms with Gasteiger partial charge in [0, 0.05) is 18.7 Å². The fourth-order valence-electron chi connectivity index (χ4n) is 3.72. The van der Waals surface area contributed by atoms with Crippen LogP contribution in [0.3, 0.4) is 0 Å². The number of nitrogens with one attached hydrogen (secondary N) is 1. The minimum absolute atomic E-state index is 0.606. The summed E-state index contributed by atoms with van der Waals surface area (Å²) in [7, 11) is 2.10. The molecule has 0 aromatic carbocycles. The van der Waals surface area contributed by atoms with Gasteiger partial charge in [-0.05, 0) is 38.3 Å². The molecule has 20 heavy (non-hydrogen) atoms. The van der Waals surface area contributed by atoms with Crippen LogP contribution >= 0.6 is 0 Å². The molecule has 3 nitrogen and oxygen atoms in total. The van der Waals surface area contributed by atoms with Crippen molar-refractivity contribution in [2.24, 2.45) is 5.92 Å². The summed E-state index contributed by atoms with van der Waals surface area (Å²) in [6.07, 6.45) is 15.7. The summed E-state index contributed by atoms with van der Waals surface area (Å²) in [6.45, 7) is 0. The Hall–Kier alpha value is -0.830. The highest BCUT2D eigenvalue weighted by Gasteiger charge is 2.22. The van der Waals surface area contributed by atoms with Crippen molar-refractivity contribution in [1.82, 2.24) is 15.1 Å². The van der Waals surface area contributed by atoms with E-state index in [1.807, 2.05) is 0 Å². The summed E-state index contributed by atoms with van der Waals surface area (Å²) in [6, 6.07) is 3.51. The first-order valence-corrected chi connectivity index (χ1v) is 8.56. The van der Waals surface area contributed by atoms with Gasteiger partial charge in [0.05, 0.1) is 11.7 Å². The summed E-state index contributed by atoms with van der Waals surface area (Å²) >= 11 is 0. The molecule has 0 radical (unpaired) electrons. The molecule has 1 aromatic rings. The van der Waals surface area contributed by atoms with Crippen molar-refractivity contribution in [3.8, 4) is 0 Å². The number of nitrogens with zero attached hydrogens (tertiary/aromatic N) is 2. The Balaban J connectivity index is 1.54. The molecule has 1 atom stereocenters. The van der Waals surface area contributed by atoms with Crippen LogP contribution in [0.5, 0.6) is 0 Å². The Morgan fingerprint density at radius 1 is 1.20 bits per heavy atom. The zero-order valence-electron chi connectivity index (χ0n) is 12.9. The number of hydrogen-bond donors (Lipinski definition) is 1. The van der Waals surface area contributed by atoms with Gasteiger partial charge in [-0.15, -0.1) is 0 Å². The average molecular weight is 275 g/mol. The van der Waals surface area contributed by atoms with Crippen LogP contribution in [0.4, 0.5) is 0 Å². The minimum Gasteiger partial charge on any atom is -0.317 e. The van der Waals surface area contributed by atoms with Crippen LogP contribution in [-0.4, -0.2) is 22.9 Å². The maximum absolute atomic E-state index is 4.85. The third-order valence-electron chi connectivity index (χ3n) is 5.32. The molecule has 3 heteroatoms. The van der Waals surface area contributed by atoms with Crippen LogP contribution in [-0.2, 0) is 6.42 Å². The van der Waals surface area contributed by atoms with Crippen LogP contribution in [0, 0.1) is 5.92 Å². The molecule has 3 rings (SSSR count). The lowest BCUT2D eigenvalue weighted by molar-refractivity contribution is 0.262. The first-order chi connectivity index (χ1) is 9.85. The lowest BCUT2D eigenvalue weighted by Gasteiger charge is -2.29. The van der Waals surface area contributed by atoms with E-state index in [4.69, 9.17) is 5.10 Å². The van der Waals surface area contributed by atoms with Crippen LogP contribution in [0.1, 0.15) is 69.5 Å². The summed E-state index contributed by atoms with van der Waals surface area (Å²) in [5, 5.41) is 8.34. The number of likely N-dealkylation sites (N-methyl/N-ethyl adjacent to an activating group) is 1. The van der Waals surface area contributed by atoms with Crippen LogP contribution in [0.2, 0.25) is 0 Å². The van der Waals surface area contributed by atoms with E-state index in [0.29, 0.717) is 12.1 Å². The maximum atomic E-state index is 4.85. The molecule has 2 aliphatic carbocycles. The molecule has 2 fully saturated rings. The topological polar surface area (TPSA) is 29.9 Å². The summed E-state index contributed by atoms with van der Waals surface area (Å²) in [5.74, 6) is 0.966. The lowest BCUT2D eigenvalue weighted by atomic mass is 9.80. The van der Waals surface area contributed by atoms with Gasteiger partial charge >= 0.3 is 0 Å². The van der Waals surface area contributed by atoms with Crippen molar-refractivity contribution in [3.63, 3.8) is 0 Å². The number of hydrogen-bond acceptors (Lipinski definition) is 2. The van der Waals surface area contributed by atoms with E-state index in [1.165, 1.54) is 63.5 Å². The maximum Gasteiger partial charge on any atom is 0.0640 e. The van der Waals surface area contributed by atoms with Crippen molar-refractivity contribution in [3.05, 3.63) is 18.0 Å². The monoisotopic (exact) mass is 275 g/mol. The second kappa shape index (κ2) is 6.75. The quantitative estimate of drug-likeness (QED) is 0.857. The van der Waals surface area contributed by atoms with Gasteiger partial charge in [-0.25, -0.2) is 0 Å². The molecule has 0 amide bonds. The van der Waals surface area contributed by atoms with Crippen molar-refractivity contribution in [2.45, 2.75) is 76.3 Å². The third-order valence-corrected chi connectivity index (χ3v) is 5.32. The molecule has 0 bridgehead atoms. The van der Waals surface area contributed by atoms with Gasteiger partial charge in [0.25, 0.3) is 0 Å². The van der Waals surface area contributed by atoms with E-state index in [-0.39, 0.29) is 0 Å². The summed E-state index contributed by atoms with van der Waals surface area (Å²) in [4.78, 5) is 0. The fourth-order valence-corrected chi connectivity index (χ4v) is 3.72.